The Kier molecular flexibility index (Phi) is 5.89. The topological polar surface area (TPSA) is 78.5 Å². The zero-order chi connectivity index (χ0) is 18.4. The second-order valence-electron chi connectivity index (χ2n) is 5.85. The van der Waals surface area contributed by atoms with Gasteiger partial charge in [-0.05, 0) is 55.5 Å². The fourth-order valence-corrected chi connectivity index (χ4v) is 2.19. The summed E-state index contributed by atoms with van der Waals surface area (Å²) >= 11 is 0. The third kappa shape index (κ3) is 5.46. The molecule has 0 saturated carbocycles. The first-order chi connectivity index (χ1) is 11.8. The van der Waals surface area contributed by atoms with Crippen LogP contribution in [0.15, 0.2) is 48.5 Å². The summed E-state index contributed by atoms with van der Waals surface area (Å²) in [6, 6.07) is 13.9. The van der Waals surface area contributed by atoms with Gasteiger partial charge >= 0.3 is 0 Å². The number of hydrogen-bond donors (Lipinski definition) is 2. The Bertz CT molecular complexity index is 766. The second kappa shape index (κ2) is 8.10. The standard InChI is InChI=1S/C19H21N3O3/c1-13(23)14-4-6-15(7-5-14)20-18(24)12-19(25)21-16-8-10-17(11-9-16)22(2)3/h4-11H,12H2,1-3H3,(H,20,24)(H,21,25). The van der Waals surface area contributed by atoms with Crippen LogP contribution in [-0.2, 0) is 9.59 Å². The molecule has 6 heteroatoms. The van der Waals surface area contributed by atoms with Crippen molar-refractivity contribution in [2.75, 3.05) is 29.6 Å². The molecule has 0 radical (unpaired) electrons. The van der Waals surface area contributed by atoms with Crippen LogP contribution in [0.4, 0.5) is 17.1 Å². The third-order valence-corrected chi connectivity index (χ3v) is 3.56. The van der Waals surface area contributed by atoms with E-state index in [1.807, 2.05) is 31.1 Å². The minimum atomic E-state index is -0.419. The van der Waals surface area contributed by atoms with Gasteiger partial charge in [0.25, 0.3) is 0 Å². The van der Waals surface area contributed by atoms with Crippen LogP contribution in [0.1, 0.15) is 23.7 Å². The van der Waals surface area contributed by atoms with Gasteiger partial charge in [-0.25, -0.2) is 0 Å². The highest BCUT2D eigenvalue weighted by Gasteiger charge is 2.10. The molecule has 2 amide bonds. The van der Waals surface area contributed by atoms with Crippen LogP contribution >= 0.6 is 0 Å². The highest BCUT2D eigenvalue weighted by atomic mass is 16.2. The molecule has 0 aromatic heterocycles. The molecule has 0 aliphatic carbocycles. The Morgan fingerprint density at radius 3 is 1.64 bits per heavy atom. The Morgan fingerprint density at radius 1 is 0.800 bits per heavy atom. The van der Waals surface area contributed by atoms with E-state index in [0.29, 0.717) is 16.9 Å². The summed E-state index contributed by atoms with van der Waals surface area (Å²) in [5.74, 6) is -0.856. The number of Topliss-reactive ketones (excluding diaryl/α,β-unsaturated/α-hetero) is 1. The smallest absolute Gasteiger partial charge is 0.233 e. The Hall–Kier alpha value is -3.15. The van der Waals surface area contributed by atoms with E-state index >= 15 is 0 Å². The summed E-state index contributed by atoms with van der Waals surface area (Å²) in [5.41, 5.74) is 2.76. The molecule has 25 heavy (non-hydrogen) atoms. The lowest BCUT2D eigenvalue weighted by Crippen LogP contribution is -2.21. The molecule has 0 heterocycles. The number of carbonyl (C=O) groups excluding carboxylic acids is 3. The predicted molar refractivity (Wildman–Crippen MR) is 99.1 cm³/mol. The summed E-state index contributed by atoms with van der Waals surface area (Å²) in [5, 5.41) is 5.32. The van der Waals surface area contributed by atoms with Crippen molar-refractivity contribution in [3.63, 3.8) is 0 Å². The van der Waals surface area contributed by atoms with Crippen molar-refractivity contribution in [2.45, 2.75) is 13.3 Å². The molecule has 6 nitrogen and oxygen atoms in total. The maximum Gasteiger partial charge on any atom is 0.233 e. The Labute approximate surface area is 146 Å². The van der Waals surface area contributed by atoms with E-state index in [0.717, 1.165) is 5.69 Å². The van der Waals surface area contributed by atoms with E-state index in [1.165, 1.54) is 6.92 Å². The van der Waals surface area contributed by atoms with Crippen molar-refractivity contribution in [1.29, 1.82) is 0 Å². The molecule has 0 unspecified atom stereocenters. The van der Waals surface area contributed by atoms with E-state index in [4.69, 9.17) is 0 Å². The average Bonchev–Trinajstić information content (AvgIpc) is 2.55. The van der Waals surface area contributed by atoms with E-state index in [-0.39, 0.29) is 12.2 Å². The van der Waals surface area contributed by atoms with Gasteiger partial charge in [0.15, 0.2) is 5.78 Å². The number of nitrogens with zero attached hydrogens (tertiary/aromatic N) is 1. The highest BCUT2D eigenvalue weighted by Crippen LogP contribution is 2.16. The molecule has 0 bridgehead atoms. The first kappa shape index (κ1) is 18.2. The monoisotopic (exact) mass is 339 g/mol. The summed E-state index contributed by atoms with van der Waals surface area (Å²) in [4.78, 5) is 37.0. The van der Waals surface area contributed by atoms with E-state index in [9.17, 15) is 14.4 Å². The molecule has 0 atom stereocenters. The molecular weight excluding hydrogens is 318 g/mol. The fourth-order valence-electron chi connectivity index (χ4n) is 2.19. The predicted octanol–water partition coefficient (Wildman–Crippen LogP) is 2.92. The van der Waals surface area contributed by atoms with Gasteiger partial charge in [-0.2, -0.15) is 0 Å². The van der Waals surface area contributed by atoms with Crippen molar-refractivity contribution >= 4 is 34.7 Å². The zero-order valence-electron chi connectivity index (χ0n) is 14.5. The molecule has 0 saturated heterocycles. The van der Waals surface area contributed by atoms with Crippen LogP contribution in [0, 0.1) is 0 Å². The van der Waals surface area contributed by atoms with Crippen LogP contribution in [0.3, 0.4) is 0 Å². The van der Waals surface area contributed by atoms with Gasteiger partial charge in [0, 0.05) is 36.7 Å². The number of carbonyl (C=O) groups is 3. The van der Waals surface area contributed by atoms with Gasteiger partial charge in [0.05, 0.1) is 0 Å². The van der Waals surface area contributed by atoms with E-state index in [2.05, 4.69) is 10.6 Å². The Balaban J connectivity index is 1.87. The maximum absolute atomic E-state index is 11.9. The number of amides is 2. The van der Waals surface area contributed by atoms with Crippen molar-refractivity contribution in [1.82, 2.24) is 0 Å². The summed E-state index contributed by atoms with van der Waals surface area (Å²) < 4.78 is 0. The molecule has 2 aromatic rings. The highest BCUT2D eigenvalue weighted by molar-refractivity contribution is 6.08. The first-order valence-electron chi connectivity index (χ1n) is 7.83. The van der Waals surface area contributed by atoms with Gasteiger partial charge in [0.1, 0.15) is 6.42 Å². The number of hydrogen-bond acceptors (Lipinski definition) is 4. The molecule has 0 fully saturated rings. The van der Waals surface area contributed by atoms with Crippen LogP contribution in [0.2, 0.25) is 0 Å². The van der Waals surface area contributed by atoms with Gasteiger partial charge in [-0.3, -0.25) is 14.4 Å². The lowest BCUT2D eigenvalue weighted by atomic mass is 10.1. The molecule has 0 spiro atoms. The van der Waals surface area contributed by atoms with Gasteiger partial charge in [-0.15, -0.1) is 0 Å². The summed E-state index contributed by atoms with van der Waals surface area (Å²) in [7, 11) is 3.86. The van der Waals surface area contributed by atoms with Gasteiger partial charge in [0.2, 0.25) is 11.8 Å². The lowest BCUT2D eigenvalue weighted by Gasteiger charge is -2.13. The lowest BCUT2D eigenvalue weighted by molar-refractivity contribution is -0.123. The molecular formula is C19H21N3O3. The van der Waals surface area contributed by atoms with Crippen molar-refractivity contribution in [2.24, 2.45) is 0 Å². The quantitative estimate of drug-likeness (QED) is 0.626. The average molecular weight is 339 g/mol. The number of rotatable bonds is 6. The fraction of sp³-hybridized carbons (Fsp3) is 0.211. The number of nitrogens with one attached hydrogen (secondary N) is 2. The van der Waals surface area contributed by atoms with Crippen molar-refractivity contribution in [3.05, 3.63) is 54.1 Å². The number of anilines is 3. The second-order valence-corrected chi connectivity index (χ2v) is 5.85. The van der Waals surface area contributed by atoms with Crippen LogP contribution in [-0.4, -0.2) is 31.7 Å². The summed E-state index contributed by atoms with van der Waals surface area (Å²) in [6.45, 7) is 1.48. The molecule has 2 rings (SSSR count). The molecule has 2 N–H and O–H groups in total. The van der Waals surface area contributed by atoms with E-state index < -0.39 is 11.8 Å². The van der Waals surface area contributed by atoms with Crippen LogP contribution in [0.5, 0.6) is 0 Å². The minimum Gasteiger partial charge on any atom is -0.378 e. The largest absolute Gasteiger partial charge is 0.378 e. The maximum atomic E-state index is 11.9. The van der Waals surface area contributed by atoms with Crippen molar-refractivity contribution < 1.29 is 14.4 Å². The first-order valence-corrected chi connectivity index (χ1v) is 7.83. The van der Waals surface area contributed by atoms with Crippen LogP contribution < -0.4 is 15.5 Å². The van der Waals surface area contributed by atoms with E-state index in [1.54, 1.807) is 36.4 Å². The molecule has 2 aromatic carbocycles. The number of ketones is 1. The molecule has 0 aliphatic rings. The SMILES string of the molecule is CC(=O)c1ccc(NC(=O)CC(=O)Nc2ccc(N(C)C)cc2)cc1. The van der Waals surface area contributed by atoms with Crippen LogP contribution in [0.25, 0.3) is 0 Å². The van der Waals surface area contributed by atoms with Crippen molar-refractivity contribution in [3.8, 4) is 0 Å². The normalized spacial score (nSPS) is 10.0. The number of benzene rings is 2. The van der Waals surface area contributed by atoms with Gasteiger partial charge in [-0.1, -0.05) is 0 Å². The zero-order valence-corrected chi connectivity index (χ0v) is 14.5. The third-order valence-electron chi connectivity index (χ3n) is 3.56. The molecule has 0 aliphatic heterocycles. The summed E-state index contributed by atoms with van der Waals surface area (Å²) in [6.07, 6.45) is -0.288. The minimum absolute atomic E-state index is 0.0439. The molecule has 130 valence electrons. The Morgan fingerprint density at radius 2 is 1.24 bits per heavy atom. The van der Waals surface area contributed by atoms with Gasteiger partial charge < -0.3 is 15.5 Å².